The van der Waals surface area contributed by atoms with Crippen molar-refractivity contribution in [3.05, 3.63) is 0 Å². The van der Waals surface area contributed by atoms with Gasteiger partial charge in [0.1, 0.15) is 0 Å². The summed E-state index contributed by atoms with van der Waals surface area (Å²) in [4.78, 5) is 22.8. The molecule has 0 radical (unpaired) electrons. The van der Waals surface area contributed by atoms with Crippen molar-refractivity contribution in [2.24, 2.45) is 17.1 Å². The molecule has 0 rings (SSSR count). The van der Waals surface area contributed by atoms with Gasteiger partial charge in [-0.3, -0.25) is 9.59 Å². The van der Waals surface area contributed by atoms with Crippen LogP contribution in [0.2, 0.25) is 0 Å². The molecule has 17 heavy (non-hydrogen) atoms. The Bertz CT molecular complexity index is 268. The molecule has 6 heteroatoms. The zero-order chi connectivity index (χ0) is 13.5. The summed E-state index contributed by atoms with van der Waals surface area (Å²) in [6, 6.07) is 0. The summed E-state index contributed by atoms with van der Waals surface area (Å²) in [7, 11) is 0. The second-order valence-electron chi connectivity index (χ2n) is 4.64. The van der Waals surface area contributed by atoms with Crippen LogP contribution in [0.25, 0.3) is 0 Å². The summed E-state index contributed by atoms with van der Waals surface area (Å²) in [6.07, 6.45) is 0.197. The third-order valence-electron chi connectivity index (χ3n) is 2.58. The predicted molar refractivity (Wildman–Crippen MR) is 63.3 cm³/mol. The summed E-state index contributed by atoms with van der Waals surface area (Å²) < 4.78 is 0. The minimum absolute atomic E-state index is 0.0763. The van der Waals surface area contributed by atoms with Gasteiger partial charge < -0.3 is 21.3 Å². The standard InChI is InChI=1S/C11H22N2O4/c1-8(2)5-11(7-12,10(16)17)6-9(15)13-3-4-14/h8,14H,3-7,12H2,1-2H3,(H,13,15)(H,16,17). The van der Waals surface area contributed by atoms with Crippen molar-refractivity contribution >= 4 is 11.9 Å². The highest BCUT2D eigenvalue weighted by Crippen LogP contribution is 2.29. The molecule has 0 aliphatic rings. The fraction of sp³-hybridized carbons (Fsp3) is 0.818. The zero-order valence-corrected chi connectivity index (χ0v) is 10.4. The van der Waals surface area contributed by atoms with Crippen LogP contribution in [0.4, 0.5) is 0 Å². The SMILES string of the molecule is CC(C)CC(CN)(CC(=O)NCCO)C(=O)O. The quantitative estimate of drug-likeness (QED) is 0.464. The molecule has 0 saturated heterocycles. The highest BCUT2D eigenvalue weighted by Gasteiger charge is 2.39. The highest BCUT2D eigenvalue weighted by molar-refractivity contribution is 5.85. The van der Waals surface area contributed by atoms with E-state index in [1.165, 1.54) is 0 Å². The lowest BCUT2D eigenvalue weighted by Crippen LogP contribution is -2.44. The number of rotatable bonds is 8. The van der Waals surface area contributed by atoms with Gasteiger partial charge in [0.2, 0.25) is 5.91 Å². The van der Waals surface area contributed by atoms with Crippen molar-refractivity contribution in [3.63, 3.8) is 0 Å². The second-order valence-corrected chi connectivity index (χ2v) is 4.64. The summed E-state index contributed by atoms with van der Waals surface area (Å²) >= 11 is 0. The normalized spacial score (nSPS) is 14.4. The Labute approximate surface area is 101 Å². The van der Waals surface area contributed by atoms with Crippen LogP contribution in [0.15, 0.2) is 0 Å². The maximum Gasteiger partial charge on any atom is 0.311 e. The first-order valence-corrected chi connectivity index (χ1v) is 5.69. The summed E-state index contributed by atoms with van der Waals surface area (Å²) in [5, 5.41) is 20.2. The summed E-state index contributed by atoms with van der Waals surface area (Å²) in [5.74, 6) is -1.30. The average molecular weight is 246 g/mol. The van der Waals surface area contributed by atoms with E-state index < -0.39 is 17.3 Å². The maximum atomic E-state index is 11.5. The highest BCUT2D eigenvalue weighted by atomic mass is 16.4. The van der Waals surface area contributed by atoms with E-state index in [9.17, 15) is 14.7 Å². The lowest BCUT2D eigenvalue weighted by molar-refractivity contribution is -0.152. The average Bonchev–Trinajstić information content (AvgIpc) is 2.24. The van der Waals surface area contributed by atoms with E-state index in [1.54, 1.807) is 0 Å². The number of nitrogens with one attached hydrogen (secondary N) is 1. The van der Waals surface area contributed by atoms with Crippen LogP contribution in [0.1, 0.15) is 26.7 Å². The van der Waals surface area contributed by atoms with Crippen LogP contribution in [0, 0.1) is 11.3 Å². The Kier molecular flexibility index (Phi) is 6.75. The first kappa shape index (κ1) is 15.9. The van der Waals surface area contributed by atoms with Gasteiger partial charge in [0.05, 0.1) is 12.0 Å². The molecule has 0 aromatic carbocycles. The number of carbonyl (C=O) groups excluding carboxylic acids is 1. The first-order valence-electron chi connectivity index (χ1n) is 5.69. The molecule has 0 saturated carbocycles. The molecule has 0 bridgehead atoms. The topological polar surface area (TPSA) is 113 Å². The summed E-state index contributed by atoms with van der Waals surface area (Å²) in [5.41, 5.74) is 4.31. The van der Waals surface area contributed by atoms with E-state index in [0.29, 0.717) is 6.42 Å². The fourth-order valence-corrected chi connectivity index (χ4v) is 1.82. The van der Waals surface area contributed by atoms with Crippen molar-refractivity contribution in [3.8, 4) is 0 Å². The number of amides is 1. The number of aliphatic carboxylic acids is 1. The molecule has 1 unspecified atom stereocenters. The van der Waals surface area contributed by atoms with Crippen LogP contribution < -0.4 is 11.1 Å². The maximum absolute atomic E-state index is 11.5. The molecule has 0 aliphatic carbocycles. The fourth-order valence-electron chi connectivity index (χ4n) is 1.82. The van der Waals surface area contributed by atoms with Crippen LogP contribution in [0.5, 0.6) is 0 Å². The Morgan fingerprint density at radius 3 is 2.35 bits per heavy atom. The number of aliphatic hydroxyl groups is 1. The molecule has 0 aromatic rings. The zero-order valence-electron chi connectivity index (χ0n) is 10.4. The molecule has 1 amide bonds. The molecular weight excluding hydrogens is 224 g/mol. The number of nitrogens with two attached hydrogens (primary N) is 1. The number of carbonyl (C=O) groups is 2. The first-order chi connectivity index (χ1) is 7.88. The third-order valence-corrected chi connectivity index (χ3v) is 2.58. The van der Waals surface area contributed by atoms with E-state index >= 15 is 0 Å². The van der Waals surface area contributed by atoms with E-state index in [-0.39, 0.29) is 32.0 Å². The molecule has 100 valence electrons. The van der Waals surface area contributed by atoms with Gasteiger partial charge in [0, 0.05) is 19.5 Å². The van der Waals surface area contributed by atoms with Gasteiger partial charge in [0.25, 0.3) is 0 Å². The monoisotopic (exact) mass is 246 g/mol. The second kappa shape index (κ2) is 7.24. The van der Waals surface area contributed by atoms with Crippen molar-refractivity contribution in [2.75, 3.05) is 19.7 Å². The largest absolute Gasteiger partial charge is 0.481 e. The number of aliphatic hydroxyl groups excluding tert-OH is 1. The number of carboxylic acids is 1. The van der Waals surface area contributed by atoms with E-state index in [0.717, 1.165) is 0 Å². The molecule has 6 nitrogen and oxygen atoms in total. The minimum atomic E-state index is -1.21. The van der Waals surface area contributed by atoms with Crippen molar-refractivity contribution in [1.29, 1.82) is 0 Å². The van der Waals surface area contributed by atoms with Crippen LogP contribution in [-0.4, -0.2) is 41.8 Å². The van der Waals surface area contributed by atoms with Gasteiger partial charge in [0.15, 0.2) is 0 Å². The molecule has 0 aliphatic heterocycles. The molecule has 5 N–H and O–H groups in total. The van der Waals surface area contributed by atoms with Gasteiger partial charge in [-0.2, -0.15) is 0 Å². The van der Waals surface area contributed by atoms with E-state index in [1.807, 2.05) is 13.8 Å². The Morgan fingerprint density at radius 1 is 1.41 bits per heavy atom. The summed E-state index contributed by atoms with van der Waals surface area (Å²) in [6.45, 7) is 3.66. The Hall–Kier alpha value is -1.14. The third kappa shape index (κ3) is 5.14. The van der Waals surface area contributed by atoms with Gasteiger partial charge in [-0.25, -0.2) is 0 Å². The number of hydrogen-bond acceptors (Lipinski definition) is 4. The molecular formula is C11H22N2O4. The van der Waals surface area contributed by atoms with Crippen LogP contribution in [-0.2, 0) is 9.59 Å². The smallest absolute Gasteiger partial charge is 0.311 e. The van der Waals surface area contributed by atoms with Crippen LogP contribution in [0.3, 0.4) is 0 Å². The number of carboxylic acid groups (broad SMARTS) is 1. The van der Waals surface area contributed by atoms with Crippen molar-refractivity contribution in [2.45, 2.75) is 26.7 Å². The van der Waals surface area contributed by atoms with Crippen molar-refractivity contribution < 1.29 is 19.8 Å². The van der Waals surface area contributed by atoms with E-state index in [4.69, 9.17) is 10.8 Å². The molecule has 0 aromatic heterocycles. The van der Waals surface area contributed by atoms with Gasteiger partial charge >= 0.3 is 5.97 Å². The Morgan fingerprint density at radius 2 is 2.00 bits per heavy atom. The van der Waals surface area contributed by atoms with Gasteiger partial charge in [-0.15, -0.1) is 0 Å². The lowest BCUT2D eigenvalue weighted by atomic mass is 9.77. The van der Waals surface area contributed by atoms with E-state index in [2.05, 4.69) is 5.32 Å². The van der Waals surface area contributed by atoms with Gasteiger partial charge in [-0.1, -0.05) is 13.8 Å². The van der Waals surface area contributed by atoms with Crippen LogP contribution >= 0.6 is 0 Å². The van der Waals surface area contributed by atoms with Crippen molar-refractivity contribution in [1.82, 2.24) is 5.32 Å². The number of hydrogen-bond donors (Lipinski definition) is 4. The lowest BCUT2D eigenvalue weighted by Gasteiger charge is -2.29. The minimum Gasteiger partial charge on any atom is -0.481 e. The predicted octanol–water partition coefficient (Wildman–Crippen LogP) is -0.439. The molecule has 0 fully saturated rings. The van der Waals surface area contributed by atoms with Gasteiger partial charge in [-0.05, 0) is 12.3 Å². The Balaban J connectivity index is 4.68. The molecule has 0 heterocycles. The molecule has 1 atom stereocenters. The molecule has 0 spiro atoms.